The van der Waals surface area contributed by atoms with Gasteiger partial charge in [0, 0.05) is 13.1 Å². The molecule has 0 aromatic carbocycles. The van der Waals surface area contributed by atoms with Gasteiger partial charge in [0.25, 0.3) is 0 Å². The SMILES string of the molecule is CCC(CC)CN(CC)CC1CCC(C)(C)C1O. The van der Waals surface area contributed by atoms with E-state index in [0.717, 1.165) is 19.0 Å². The molecule has 0 aliphatic heterocycles. The molecule has 0 spiro atoms. The van der Waals surface area contributed by atoms with Crippen LogP contribution in [0.1, 0.15) is 60.3 Å². The summed E-state index contributed by atoms with van der Waals surface area (Å²) in [6, 6.07) is 0. The second-order valence-corrected chi connectivity index (χ2v) is 6.77. The van der Waals surface area contributed by atoms with Gasteiger partial charge in [0.05, 0.1) is 6.10 Å². The highest BCUT2D eigenvalue weighted by atomic mass is 16.3. The third-order valence-corrected chi connectivity index (χ3v) is 5.02. The lowest BCUT2D eigenvalue weighted by atomic mass is 9.87. The molecule has 1 fully saturated rings. The minimum Gasteiger partial charge on any atom is -0.392 e. The van der Waals surface area contributed by atoms with Crippen molar-refractivity contribution in [3.05, 3.63) is 0 Å². The van der Waals surface area contributed by atoms with E-state index in [1.54, 1.807) is 0 Å². The fourth-order valence-corrected chi connectivity index (χ4v) is 3.27. The zero-order chi connectivity index (χ0) is 13.8. The van der Waals surface area contributed by atoms with Gasteiger partial charge in [-0.05, 0) is 36.6 Å². The molecule has 0 aromatic rings. The molecule has 18 heavy (non-hydrogen) atoms. The summed E-state index contributed by atoms with van der Waals surface area (Å²) in [7, 11) is 0. The van der Waals surface area contributed by atoms with Crippen LogP contribution in [0.3, 0.4) is 0 Å². The van der Waals surface area contributed by atoms with E-state index in [0.29, 0.717) is 5.92 Å². The molecule has 0 heterocycles. The van der Waals surface area contributed by atoms with E-state index < -0.39 is 0 Å². The van der Waals surface area contributed by atoms with Gasteiger partial charge in [-0.25, -0.2) is 0 Å². The van der Waals surface area contributed by atoms with Crippen molar-refractivity contribution in [2.45, 2.75) is 66.4 Å². The molecular formula is C16H33NO. The molecule has 1 N–H and O–H groups in total. The standard InChI is InChI=1S/C16H33NO/c1-6-13(7-2)11-17(8-3)12-14-9-10-16(4,5)15(14)18/h13-15,18H,6-12H2,1-5H3. The van der Waals surface area contributed by atoms with Crippen molar-refractivity contribution in [3.63, 3.8) is 0 Å². The number of aliphatic hydroxyl groups is 1. The third kappa shape index (κ3) is 3.96. The number of hydrogen-bond acceptors (Lipinski definition) is 2. The van der Waals surface area contributed by atoms with Crippen molar-refractivity contribution in [1.29, 1.82) is 0 Å². The first-order chi connectivity index (χ1) is 8.44. The van der Waals surface area contributed by atoms with Crippen LogP contribution in [0.15, 0.2) is 0 Å². The Bertz CT molecular complexity index is 235. The lowest BCUT2D eigenvalue weighted by Crippen LogP contribution is -2.38. The average molecular weight is 255 g/mol. The number of hydrogen-bond donors (Lipinski definition) is 1. The van der Waals surface area contributed by atoms with Crippen LogP contribution in [0.5, 0.6) is 0 Å². The van der Waals surface area contributed by atoms with E-state index in [9.17, 15) is 5.11 Å². The van der Waals surface area contributed by atoms with Gasteiger partial charge in [0.15, 0.2) is 0 Å². The predicted molar refractivity (Wildman–Crippen MR) is 78.7 cm³/mol. The summed E-state index contributed by atoms with van der Waals surface area (Å²) >= 11 is 0. The van der Waals surface area contributed by atoms with Gasteiger partial charge in [-0.15, -0.1) is 0 Å². The summed E-state index contributed by atoms with van der Waals surface area (Å²) in [6.45, 7) is 14.6. The van der Waals surface area contributed by atoms with Crippen LogP contribution in [0.25, 0.3) is 0 Å². The van der Waals surface area contributed by atoms with E-state index in [1.165, 1.54) is 32.2 Å². The zero-order valence-electron chi connectivity index (χ0n) is 13.1. The van der Waals surface area contributed by atoms with Crippen molar-refractivity contribution in [2.75, 3.05) is 19.6 Å². The first-order valence-electron chi connectivity index (χ1n) is 7.85. The average Bonchev–Trinajstić information content (AvgIpc) is 2.61. The summed E-state index contributed by atoms with van der Waals surface area (Å²) < 4.78 is 0. The maximum atomic E-state index is 10.4. The fourth-order valence-electron chi connectivity index (χ4n) is 3.27. The highest BCUT2D eigenvalue weighted by Crippen LogP contribution is 2.41. The van der Waals surface area contributed by atoms with Crippen LogP contribution in [0.2, 0.25) is 0 Å². The molecule has 0 radical (unpaired) electrons. The smallest absolute Gasteiger partial charge is 0.0631 e. The molecule has 1 rings (SSSR count). The molecule has 2 heteroatoms. The summed E-state index contributed by atoms with van der Waals surface area (Å²) in [4.78, 5) is 2.55. The normalized spacial score (nSPS) is 27.3. The number of rotatable bonds is 7. The molecule has 0 bridgehead atoms. The van der Waals surface area contributed by atoms with Gasteiger partial charge in [-0.1, -0.05) is 47.5 Å². The molecule has 0 aromatic heterocycles. The summed E-state index contributed by atoms with van der Waals surface area (Å²) in [5, 5.41) is 10.4. The summed E-state index contributed by atoms with van der Waals surface area (Å²) in [6.07, 6.45) is 4.78. The molecule has 1 aliphatic rings. The van der Waals surface area contributed by atoms with Crippen molar-refractivity contribution in [2.24, 2.45) is 17.3 Å². The minimum absolute atomic E-state index is 0.117. The molecule has 2 nitrogen and oxygen atoms in total. The van der Waals surface area contributed by atoms with E-state index >= 15 is 0 Å². The number of aliphatic hydroxyl groups excluding tert-OH is 1. The lowest BCUT2D eigenvalue weighted by Gasteiger charge is -2.31. The quantitative estimate of drug-likeness (QED) is 0.752. The molecule has 108 valence electrons. The lowest BCUT2D eigenvalue weighted by molar-refractivity contribution is 0.0311. The van der Waals surface area contributed by atoms with Crippen molar-refractivity contribution < 1.29 is 5.11 Å². The Balaban J connectivity index is 2.49. The first kappa shape index (κ1) is 16.0. The van der Waals surface area contributed by atoms with Gasteiger partial charge in [-0.2, -0.15) is 0 Å². The Morgan fingerprint density at radius 1 is 1.22 bits per heavy atom. The molecule has 0 saturated heterocycles. The topological polar surface area (TPSA) is 23.5 Å². The van der Waals surface area contributed by atoms with Crippen LogP contribution in [-0.2, 0) is 0 Å². The van der Waals surface area contributed by atoms with E-state index in [1.807, 2.05) is 0 Å². The molecular weight excluding hydrogens is 222 g/mol. The van der Waals surface area contributed by atoms with Crippen molar-refractivity contribution >= 4 is 0 Å². The van der Waals surface area contributed by atoms with Gasteiger partial charge >= 0.3 is 0 Å². The van der Waals surface area contributed by atoms with Crippen molar-refractivity contribution in [3.8, 4) is 0 Å². The van der Waals surface area contributed by atoms with Crippen LogP contribution >= 0.6 is 0 Å². The van der Waals surface area contributed by atoms with E-state index in [2.05, 4.69) is 39.5 Å². The highest BCUT2D eigenvalue weighted by molar-refractivity contribution is 4.92. The Labute approximate surface area is 114 Å². The predicted octanol–water partition coefficient (Wildman–Crippen LogP) is 3.54. The molecule has 1 saturated carbocycles. The molecule has 1 aliphatic carbocycles. The monoisotopic (exact) mass is 255 g/mol. The zero-order valence-corrected chi connectivity index (χ0v) is 13.1. The second kappa shape index (κ2) is 6.91. The molecule has 0 amide bonds. The van der Waals surface area contributed by atoms with Crippen LogP contribution in [0, 0.1) is 17.3 Å². The van der Waals surface area contributed by atoms with E-state index in [4.69, 9.17) is 0 Å². The van der Waals surface area contributed by atoms with Gasteiger partial charge in [-0.3, -0.25) is 0 Å². The second-order valence-electron chi connectivity index (χ2n) is 6.77. The highest BCUT2D eigenvalue weighted by Gasteiger charge is 2.41. The Hall–Kier alpha value is -0.0800. The van der Waals surface area contributed by atoms with Crippen LogP contribution in [-0.4, -0.2) is 35.7 Å². The van der Waals surface area contributed by atoms with Gasteiger partial charge in [0.2, 0.25) is 0 Å². The minimum atomic E-state index is -0.117. The van der Waals surface area contributed by atoms with Crippen LogP contribution < -0.4 is 0 Å². The number of nitrogens with zero attached hydrogens (tertiary/aromatic N) is 1. The third-order valence-electron chi connectivity index (χ3n) is 5.02. The maximum Gasteiger partial charge on any atom is 0.0631 e. The Morgan fingerprint density at radius 2 is 1.83 bits per heavy atom. The van der Waals surface area contributed by atoms with Gasteiger partial charge < -0.3 is 10.0 Å². The molecule has 2 unspecified atom stereocenters. The maximum absolute atomic E-state index is 10.4. The van der Waals surface area contributed by atoms with Crippen LogP contribution in [0.4, 0.5) is 0 Å². The Morgan fingerprint density at radius 3 is 2.22 bits per heavy atom. The summed E-state index contributed by atoms with van der Waals surface area (Å²) in [5.74, 6) is 1.30. The van der Waals surface area contributed by atoms with Gasteiger partial charge in [0.1, 0.15) is 0 Å². The fraction of sp³-hybridized carbons (Fsp3) is 1.00. The van der Waals surface area contributed by atoms with E-state index in [-0.39, 0.29) is 11.5 Å². The van der Waals surface area contributed by atoms with Crippen molar-refractivity contribution in [1.82, 2.24) is 4.90 Å². The first-order valence-corrected chi connectivity index (χ1v) is 7.85. The Kier molecular flexibility index (Phi) is 6.13. The molecule has 2 atom stereocenters. The largest absolute Gasteiger partial charge is 0.392 e. The summed E-state index contributed by atoms with van der Waals surface area (Å²) in [5.41, 5.74) is 0.124.